The van der Waals surface area contributed by atoms with Gasteiger partial charge in [0.25, 0.3) is 0 Å². The molecular formula is C20H28N4O4S. The molecule has 158 valence electrons. The maximum atomic E-state index is 12.8. The zero-order valence-electron chi connectivity index (χ0n) is 17.3. The molecule has 0 atom stereocenters. The number of aromatic nitrogens is 2. The molecule has 0 radical (unpaired) electrons. The third-order valence-electron chi connectivity index (χ3n) is 5.74. The van der Waals surface area contributed by atoms with E-state index in [1.807, 2.05) is 19.2 Å². The Bertz CT molecular complexity index is 1010. The standard InChI is InChI=1S/C20H28N4O4S/c1-14-13-16(5-6-17(14)24-12-9-18(22-24)28-4)15-7-10-23(11-8-15)29(26,27)20(2,3)19(21)25/h5-6,9,12-13,15H,7-8,10-11H2,1-4H3,(H2,21,25). The van der Waals surface area contributed by atoms with Crippen molar-refractivity contribution in [1.29, 1.82) is 0 Å². The van der Waals surface area contributed by atoms with Gasteiger partial charge in [-0.2, -0.15) is 0 Å². The van der Waals surface area contributed by atoms with Crippen LogP contribution < -0.4 is 10.5 Å². The van der Waals surface area contributed by atoms with Crippen LogP contribution in [0.5, 0.6) is 5.88 Å². The highest BCUT2D eigenvalue weighted by molar-refractivity contribution is 7.91. The fourth-order valence-electron chi connectivity index (χ4n) is 3.62. The second-order valence-corrected chi connectivity index (χ2v) is 10.4. The summed E-state index contributed by atoms with van der Waals surface area (Å²) in [4.78, 5) is 11.6. The van der Waals surface area contributed by atoms with Crippen molar-refractivity contribution in [2.45, 2.75) is 44.3 Å². The molecule has 1 aliphatic heterocycles. The Balaban J connectivity index is 1.73. The van der Waals surface area contributed by atoms with Crippen molar-refractivity contribution in [2.24, 2.45) is 5.73 Å². The molecule has 1 aliphatic rings. The molecule has 0 bridgehead atoms. The molecule has 9 heteroatoms. The molecule has 1 saturated heterocycles. The first-order chi connectivity index (χ1) is 13.6. The molecule has 1 aromatic carbocycles. The lowest BCUT2D eigenvalue weighted by Gasteiger charge is -2.35. The van der Waals surface area contributed by atoms with Gasteiger partial charge in [0.15, 0.2) is 4.75 Å². The van der Waals surface area contributed by atoms with Gasteiger partial charge in [-0.3, -0.25) is 4.79 Å². The van der Waals surface area contributed by atoms with Gasteiger partial charge in [-0.1, -0.05) is 12.1 Å². The van der Waals surface area contributed by atoms with E-state index < -0.39 is 20.7 Å². The molecule has 1 aromatic heterocycles. The monoisotopic (exact) mass is 420 g/mol. The summed E-state index contributed by atoms with van der Waals surface area (Å²) in [6, 6.07) is 8.03. The number of primary amides is 1. The number of aryl methyl sites for hydroxylation is 1. The predicted octanol–water partition coefficient (Wildman–Crippen LogP) is 1.96. The van der Waals surface area contributed by atoms with Crippen molar-refractivity contribution in [3.8, 4) is 11.6 Å². The van der Waals surface area contributed by atoms with Crippen molar-refractivity contribution in [3.63, 3.8) is 0 Å². The number of carbonyl (C=O) groups is 1. The Hall–Kier alpha value is -2.39. The molecule has 0 spiro atoms. The molecule has 0 aliphatic carbocycles. The van der Waals surface area contributed by atoms with Gasteiger partial charge < -0.3 is 10.5 Å². The van der Waals surface area contributed by atoms with E-state index in [9.17, 15) is 13.2 Å². The van der Waals surface area contributed by atoms with Crippen molar-refractivity contribution in [1.82, 2.24) is 14.1 Å². The topological polar surface area (TPSA) is 108 Å². The minimum absolute atomic E-state index is 0.262. The van der Waals surface area contributed by atoms with Crippen LogP contribution in [0.25, 0.3) is 5.69 Å². The van der Waals surface area contributed by atoms with E-state index in [0.29, 0.717) is 31.8 Å². The first kappa shape index (κ1) is 21.3. The van der Waals surface area contributed by atoms with E-state index in [-0.39, 0.29) is 5.92 Å². The van der Waals surface area contributed by atoms with E-state index in [1.165, 1.54) is 23.7 Å². The largest absolute Gasteiger partial charge is 0.480 e. The summed E-state index contributed by atoms with van der Waals surface area (Å²) in [5.41, 5.74) is 8.54. The SMILES string of the molecule is COc1ccn(-c2ccc(C3CCN(S(=O)(=O)C(C)(C)C(N)=O)CC3)cc2C)n1. The number of piperidine rings is 1. The van der Waals surface area contributed by atoms with Crippen LogP contribution in [0.1, 0.15) is 43.7 Å². The Kier molecular flexibility index (Phi) is 5.73. The highest BCUT2D eigenvalue weighted by Crippen LogP contribution is 2.33. The van der Waals surface area contributed by atoms with E-state index in [4.69, 9.17) is 10.5 Å². The third kappa shape index (κ3) is 3.89. The van der Waals surface area contributed by atoms with Crippen LogP contribution in [-0.2, 0) is 14.8 Å². The number of ether oxygens (including phenoxy) is 1. The minimum atomic E-state index is -3.78. The molecule has 1 amide bonds. The highest BCUT2D eigenvalue weighted by atomic mass is 32.2. The smallest absolute Gasteiger partial charge is 0.239 e. The molecule has 0 saturated carbocycles. The summed E-state index contributed by atoms with van der Waals surface area (Å²) in [5.74, 6) is -0.0138. The van der Waals surface area contributed by atoms with Crippen molar-refractivity contribution < 1.29 is 17.9 Å². The van der Waals surface area contributed by atoms with Crippen molar-refractivity contribution in [2.75, 3.05) is 20.2 Å². The molecule has 8 nitrogen and oxygen atoms in total. The van der Waals surface area contributed by atoms with Crippen LogP contribution >= 0.6 is 0 Å². The molecule has 0 unspecified atom stereocenters. The van der Waals surface area contributed by atoms with Crippen LogP contribution in [-0.4, -0.2) is 53.4 Å². The lowest BCUT2D eigenvalue weighted by atomic mass is 9.89. The number of nitrogens with zero attached hydrogens (tertiary/aromatic N) is 3. The highest BCUT2D eigenvalue weighted by Gasteiger charge is 2.45. The van der Waals surface area contributed by atoms with Crippen LogP contribution in [0.15, 0.2) is 30.5 Å². The van der Waals surface area contributed by atoms with Gasteiger partial charge in [-0.15, -0.1) is 5.10 Å². The van der Waals surface area contributed by atoms with Gasteiger partial charge in [0, 0.05) is 25.4 Å². The lowest BCUT2D eigenvalue weighted by molar-refractivity contribution is -0.119. The van der Waals surface area contributed by atoms with E-state index in [1.54, 1.807) is 17.9 Å². The quantitative estimate of drug-likeness (QED) is 0.769. The van der Waals surface area contributed by atoms with Crippen molar-refractivity contribution in [3.05, 3.63) is 41.6 Å². The number of benzene rings is 1. The summed E-state index contributed by atoms with van der Waals surface area (Å²) in [5, 5.41) is 4.36. The molecular weight excluding hydrogens is 392 g/mol. The van der Waals surface area contributed by atoms with E-state index in [0.717, 1.165) is 11.3 Å². The Morgan fingerprint density at radius 3 is 2.41 bits per heavy atom. The number of carbonyl (C=O) groups excluding carboxylic acids is 1. The number of hydrogen-bond acceptors (Lipinski definition) is 5. The van der Waals surface area contributed by atoms with Gasteiger partial charge in [-0.25, -0.2) is 17.4 Å². The van der Waals surface area contributed by atoms with Crippen LogP contribution in [0.4, 0.5) is 0 Å². The van der Waals surface area contributed by atoms with Gasteiger partial charge in [0.2, 0.25) is 21.8 Å². The Morgan fingerprint density at radius 1 is 1.24 bits per heavy atom. The van der Waals surface area contributed by atoms with Crippen molar-refractivity contribution >= 4 is 15.9 Å². The van der Waals surface area contributed by atoms with Gasteiger partial charge in [0.1, 0.15) is 0 Å². The fourth-order valence-corrected chi connectivity index (χ4v) is 5.21. The first-order valence-corrected chi connectivity index (χ1v) is 11.0. The molecule has 1 fully saturated rings. The Morgan fingerprint density at radius 2 is 1.90 bits per heavy atom. The zero-order valence-corrected chi connectivity index (χ0v) is 18.1. The third-order valence-corrected chi connectivity index (χ3v) is 8.28. The van der Waals surface area contributed by atoms with Gasteiger partial charge in [-0.05, 0) is 56.7 Å². The number of amides is 1. The zero-order chi connectivity index (χ0) is 21.4. The predicted molar refractivity (Wildman–Crippen MR) is 111 cm³/mol. The summed E-state index contributed by atoms with van der Waals surface area (Å²) >= 11 is 0. The summed E-state index contributed by atoms with van der Waals surface area (Å²) in [7, 11) is -2.20. The maximum Gasteiger partial charge on any atom is 0.239 e. The molecule has 2 N–H and O–H groups in total. The number of nitrogens with two attached hydrogens (primary N) is 1. The number of methoxy groups -OCH3 is 1. The molecule has 2 aromatic rings. The van der Waals surface area contributed by atoms with Crippen LogP contribution in [0, 0.1) is 6.92 Å². The number of rotatable bonds is 6. The minimum Gasteiger partial charge on any atom is -0.480 e. The second-order valence-electron chi connectivity index (χ2n) is 7.90. The second kappa shape index (κ2) is 7.79. The maximum absolute atomic E-state index is 12.8. The Labute approximate surface area is 171 Å². The van der Waals surface area contributed by atoms with Crippen LogP contribution in [0.2, 0.25) is 0 Å². The van der Waals surface area contributed by atoms with Gasteiger partial charge in [0.05, 0.1) is 12.8 Å². The summed E-state index contributed by atoms with van der Waals surface area (Å²) in [6.07, 6.45) is 3.25. The lowest BCUT2D eigenvalue weighted by Crippen LogP contribution is -2.53. The van der Waals surface area contributed by atoms with E-state index >= 15 is 0 Å². The fraction of sp³-hybridized carbons (Fsp3) is 0.500. The number of hydrogen-bond donors (Lipinski definition) is 1. The summed E-state index contributed by atoms with van der Waals surface area (Å²) in [6.45, 7) is 5.51. The normalized spacial score (nSPS) is 16.7. The summed E-state index contributed by atoms with van der Waals surface area (Å²) < 4.78 is 32.3. The van der Waals surface area contributed by atoms with E-state index in [2.05, 4.69) is 17.2 Å². The molecule has 29 heavy (non-hydrogen) atoms. The van der Waals surface area contributed by atoms with Crippen LogP contribution in [0.3, 0.4) is 0 Å². The van der Waals surface area contributed by atoms with Gasteiger partial charge >= 0.3 is 0 Å². The molecule has 3 rings (SSSR count). The average Bonchev–Trinajstić information content (AvgIpc) is 3.16. The molecule has 2 heterocycles. The first-order valence-electron chi connectivity index (χ1n) is 9.58. The number of sulfonamides is 1. The average molecular weight is 421 g/mol.